The summed E-state index contributed by atoms with van der Waals surface area (Å²) in [4.78, 5) is 43.3. The monoisotopic (exact) mass is 469 g/mol. The Labute approximate surface area is 201 Å². The molecule has 184 valence electrons. The van der Waals surface area contributed by atoms with Gasteiger partial charge in [0, 0.05) is 18.3 Å². The number of esters is 2. The first-order valence-electron chi connectivity index (χ1n) is 11.6. The van der Waals surface area contributed by atoms with Gasteiger partial charge in [-0.2, -0.15) is 0 Å². The van der Waals surface area contributed by atoms with Crippen LogP contribution in [0.4, 0.5) is 11.4 Å². The van der Waals surface area contributed by atoms with Crippen molar-refractivity contribution in [3.8, 4) is 0 Å². The molecule has 0 spiro atoms. The zero-order valence-electron chi connectivity index (χ0n) is 20.7. The van der Waals surface area contributed by atoms with E-state index in [0.717, 1.165) is 17.5 Å². The highest BCUT2D eigenvalue weighted by molar-refractivity contribution is 5.98. The lowest BCUT2D eigenvalue weighted by Gasteiger charge is -2.24. The molecule has 1 amide bonds. The first kappa shape index (κ1) is 26.8. The SMILES string of the molecule is CCOC(=O)CN(C(=O)CCCc1ccnc(C(=O)OC(C)(C)C)c1N)c1ccccc1CC. The fraction of sp³-hybridized carbons (Fsp3) is 0.462. The summed E-state index contributed by atoms with van der Waals surface area (Å²) in [5.41, 5.74) is 8.25. The Bertz CT molecular complexity index is 1010. The number of benzene rings is 1. The Balaban J connectivity index is 2.13. The minimum absolute atomic E-state index is 0.0690. The lowest BCUT2D eigenvalue weighted by Crippen LogP contribution is -2.37. The number of aromatic nitrogens is 1. The van der Waals surface area contributed by atoms with Crippen LogP contribution in [0.5, 0.6) is 0 Å². The van der Waals surface area contributed by atoms with Crippen LogP contribution in [0.3, 0.4) is 0 Å². The lowest BCUT2D eigenvalue weighted by atomic mass is 10.0. The highest BCUT2D eigenvalue weighted by atomic mass is 16.6. The number of carbonyl (C=O) groups is 3. The summed E-state index contributed by atoms with van der Waals surface area (Å²) < 4.78 is 10.5. The summed E-state index contributed by atoms with van der Waals surface area (Å²) in [7, 11) is 0. The molecule has 0 unspecified atom stereocenters. The van der Waals surface area contributed by atoms with E-state index in [1.54, 1.807) is 33.8 Å². The number of nitrogen functional groups attached to an aromatic ring is 1. The normalized spacial score (nSPS) is 11.1. The summed E-state index contributed by atoms with van der Waals surface area (Å²) in [6.07, 6.45) is 3.38. The van der Waals surface area contributed by atoms with Crippen molar-refractivity contribution in [3.05, 3.63) is 53.3 Å². The number of ether oxygens (including phenoxy) is 2. The molecule has 0 aliphatic rings. The van der Waals surface area contributed by atoms with Crippen molar-refractivity contribution in [2.45, 2.75) is 65.9 Å². The zero-order chi connectivity index (χ0) is 25.3. The Morgan fingerprint density at radius 3 is 2.41 bits per heavy atom. The molecule has 0 saturated carbocycles. The summed E-state index contributed by atoms with van der Waals surface area (Å²) >= 11 is 0. The molecule has 2 aromatic rings. The molecule has 2 rings (SSSR count). The van der Waals surface area contributed by atoms with Crippen LogP contribution in [0.2, 0.25) is 0 Å². The predicted octanol–water partition coefficient (Wildman–Crippen LogP) is 4.10. The van der Waals surface area contributed by atoms with Gasteiger partial charge in [-0.15, -0.1) is 0 Å². The first-order chi connectivity index (χ1) is 16.1. The number of rotatable bonds is 10. The zero-order valence-corrected chi connectivity index (χ0v) is 20.7. The number of pyridine rings is 1. The molecule has 0 aliphatic heterocycles. The average molecular weight is 470 g/mol. The Kier molecular flexibility index (Phi) is 9.59. The predicted molar refractivity (Wildman–Crippen MR) is 132 cm³/mol. The number of aryl methyl sites for hydroxylation is 2. The summed E-state index contributed by atoms with van der Waals surface area (Å²) in [6.45, 7) is 9.15. The van der Waals surface area contributed by atoms with Crippen LogP contribution in [-0.2, 0) is 31.9 Å². The molecule has 0 fully saturated rings. The molecule has 8 heteroatoms. The fourth-order valence-corrected chi connectivity index (χ4v) is 3.50. The van der Waals surface area contributed by atoms with Crippen LogP contribution in [0, 0.1) is 0 Å². The molecule has 1 aromatic carbocycles. The van der Waals surface area contributed by atoms with Gasteiger partial charge in [-0.25, -0.2) is 9.78 Å². The second-order valence-electron chi connectivity index (χ2n) is 8.85. The lowest BCUT2D eigenvalue weighted by molar-refractivity contribution is -0.142. The number of anilines is 2. The smallest absolute Gasteiger partial charge is 0.359 e. The van der Waals surface area contributed by atoms with E-state index in [2.05, 4.69) is 4.98 Å². The largest absolute Gasteiger partial charge is 0.465 e. The summed E-state index contributed by atoms with van der Waals surface area (Å²) in [5.74, 6) is -1.23. The maximum Gasteiger partial charge on any atom is 0.359 e. The van der Waals surface area contributed by atoms with Crippen LogP contribution in [0.15, 0.2) is 36.5 Å². The van der Waals surface area contributed by atoms with Crippen molar-refractivity contribution in [2.75, 3.05) is 23.8 Å². The van der Waals surface area contributed by atoms with Gasteiger partial charge >= 0.3 is 11.9 Å². The van der Waals surface area contributed by atoms with Crippen LogP contribution in [0.1, 0.15) is 69.1 Å². The van der Waals surface area contributed by atoms with E-state index in [-0.39, 0.29) is 36.9 Å². The molecular weight excluding hydrogens is 434 g/mol. The first-order valence-corrected chi connectivity index (χ1v) is 11.6. The number of para-hydroxylation sites is 1. The van der Waals surface area contributed by atoms with Crippen molar-refractivity contribution in [3.63, 3.8) is 0 Å². The van der Waals surface area contributed by atoms with Gasteiger partial charge in [-0.3, -0.25) is 9.59 Å². The Morgan fingerprint density at radius 2 is 1.76 bits per heavy atom. The maximum absolute atomic E-state index is 13.2. The van der Waals surface area contributed by atoms with Gasteiger partial charge in [0.2, 0.25) is 5.91 Å². The van der Waals surface area contributed by atoms with E-state index >= 15 is 0 Å². The van der Waals surface area contributed by atoms with E-state index in [9.17, 15) is 14.4 Å². The van der Waals surface area contributed by atoms with Crippen LogP contribution in [0.25, 0.3) is 0 Å². The van der Waals surface area contributed by atoms with E-state index in [1.807, 2.05) is 31.2 Å². The third-order valence-corrected chi connectivity index (χ3v) is 5.07. The van der Waals surface area contributed by atoms with Crippen molar-refractivity contribution >= 4 is 29.2 Å². The Hall–Kier alpha value is -3.42. The van der Waals surface area contributed by atoms with E-state index in [1.165, 1.54) is 11.1 Å². The minimum Gasteiger partial charge on any atom is -0.465 e. The third kappa shape index (κ3) is 7.57. The highest BCUT2D eigenvalue weighted by Crippen LogP contribution is 2.24. The molecule has 0 aliphatic carbocycles. The molecule has 1 heterocycles. The molecule has 0 bridgehead atoms. The number of hydrogen-bond donors (Lipinski definition) is 1. The van der Waals surface area contributed by atoms with Crippen molar-refractivity contribution in [1.82, 2.24) is 4.98 Å². The number of nitrogens with two attached hydrogens (primary N) is 1. The number of carbonyl (C=O) groups excluding carboxylic acids is 3. The second kappa shape index (κ2) is 12.2. The van der Waals surface area contributed by atoms with Crippen LogP contribution in [-0.4, -0.2) is 41.6 Å². The van der Waals surface area contributed by atoms with Crippen molar-refractivity contribution in [2.24, 2.45) is 0 Å². The standard InChI is InChI=1S/C26H35N3O5/c1-6-18-11-8-9-13-20(18)29(17-22(31)33-7-2)21(30)14-10-12-19-15-16-28-24(23(19)27)25(32)34-26(3,4)5/h8-9,11,13,15-16H,6-7,10,12,14,17,27H2,1-5H3. The van der Waals surface area contributed by atoms with Gasteiger partial charge in [0.1, 0.15) is 12.1 Å². The Morgan fingerprint density at radius 1 is 1.06 bits per heavy atom. The van der Waals surface area contributed by atoms with Gasteiger partial charge in [0.25, 0.3) is 0 Å². The molecule has 34 heavy (non-hydrogen) atoms. The van der Waals surface area contributed by atoms with Crippen LogP contribution < -0.4 is 10.6 Å². The van der Waals surface area contributed by atoms with E-state index in [0.29, 0.717) is 18.5 Å². The molecule has 0 atom stereocenters. The molecule has 8 nitrogen and oxygen atoms in total. The average Bonchev–Trinajstić information content (AvgIpc) is 2.77. The molecule has 0 radical (unpaired) electrons. The van der Waals surface area contributed by atoms with E-state index < -0.39 is 17.5 Å². The van der Waals surface area contributed by atoms with Crippen molar-refractivity contribution < 1.29 is 23.9 Å². The summed E-state index contributed by atoms with van der Waals surface area (Å²) in [5, 5.41) is 0. The maximum atomic E-state index is 13.2. The molecular formula is C26H35N3O5. The van der Waals surface area contributed by atoms with Gasteiger partial charge in [-0.05, 0) is 70.2 Å². The topological polar surface area (TPSA) is 112 Å². The second-order valence-corrected chi connectivity index (χ2v) is 8.85. The van der Waals surface area contributed by atoms with Crippen molar-refractivity contribution in [1.29, 1.82) is 0 Å². The molecule has 2 N–H and O–H groups in total. The van der Waals surface area contributed by atoms with Gasteiger partial charge in [-0.1, -0.05) is 25.1 Å². The number of amides is 1. The third-order valence-electron chi connectivity index (χ3n) is 5.07. The van der Waals surface area contributed by atoms with Crippen LogP contribution >= 0.6 is 0 Å². The molecule has 0 saturated heterocycles. The van der Waals surface area contributed by atoms with Gasteiger partial charge in [0.05, 0.1) is 12.3 Å². The van der Waals surface area contributed by atoms with Gasteiger partial charge in [0.15, 0.2) is 5.69 Å². The fourth-order valence-electron chi connectivity index (χ4n) is 3.50. The van der Waals surface area contributed by atoms with Gasteiger partial charge < -0.3 is 20.1 Å². The number of nitrogens with zero attached hydrogens (tertiary/aromatic N) is 2. The highest BCUT2D eigenvalue weighted by Gasteiger charge is 2.24. The van der Waals surface area contributed by atoms with E-state index in [4.69, 9.17) is 15.2 Å². The quantitative estimate of drug-likeness (QED) is 0.521. The minimum atomic E-state index is -0.662. The summed E-state index contributed by atoms with van der Waals surface area (Å²) in [6, 6.07) is 9.26. The number of hydrogen-bond acceptors (Lipinski definition) is 7. The molecule has 1 aromatic heterocycles.